The summed E-state index contributed by atoms with van der Waals surface area (Å²) in [5, 5.41) is 3.41. The van der Waals surface area contributed by atoms with Crippen molar-refractivity contribution in [3.8, 4) is 0 Å². The van der Waals surface area contributed by atoms with Crippen LogP contribution in [0, 0.1) is 0 Å². The molecule has 0 atom stereocenters. The molecule has 0 aliphatic heterocycles. The number of unbranched alkanes of at least 4 members (excludes halogenated alkanes) is 1. The highest BCUT2D eigenvalue weighted by Crippen LogP contribution is 2.10. The lowest BCUT2D eigenvalue weighted by molar-refractivity contribution is 0.764. The van der Waals surface area contributed by atoms with E-state index in [1.165, 1.54) is 18.4 Å². The van der Waals surface area contributed by atoms with E-state index in [0.717, 1.165) is 12.8 Å². The van der Waals surface area contributed by atoms with Crippen LogP contribution in [-0.4, -0.2) is 0 Å². The van der Waals surface area contributed by atoms with Crippen LogP contribution >= 0.6 is 0 Å². The van der Waals surface area contributed by atoms with Gasteiger partial charge in [-0.2, -0.15) is 0 Å². The second-order valence-electron chi connectivity index (χ2n) is 2.45. The van der Waals surface area contributed by atoms with Crippen molar-refractivity contribution >= 4 is 0 Å². The number of hydrogen-bond acceptors (Lipinski definition) is 1. The third-order valence-corrected chi connectivity index (χ3v) is 1.60. The monoisotopic (exact) mass is 153 g/mol. The molecule has 3 nitrogen and oxygen atoms in total. The van der Waals surface area contributed by atoms with Crippen molar-refractivity contribution in [1.82, 2.24) is 0 Å². The van der Waals surface area contributed by atoms with Crippen molar-refractivity contribution in [3.63, 3.8) is 0 Å². The van der Waals surface area contributed by atoms with E-state index in [2.05, 4.69) is 23.9 Å². The fraction of sp³-hybridized carbons (Fsp3) is 0.750. The molecule has 0 N–H and O–H groups in total. The van der Waals surface area contributed by atoms with Crippen LogP contribution in [0.5, 0.6) is 0 Å². The lowest BCUT2D eigenvalue weighted by atomic mass is 10.1. The second kappa shape index (κ2) is 7.16. The van der Waals surface area contributed by atoms with E-state index in [1.807, 2.05) is 0 Å². The van der Waals surface area contributed by atoms with Gasteiger partial charge in [0.15, 0.2) is 0 Å². The largest absolute Gasteiger partial charge is 0.0686 e. The Morgan fingerprint density at radius 1 is 1.55 bits per heavy atom. The lowest BCUT2D eigenvalue weighted by Gasteiger charge is -1.99. The van der Waals surface area contributed by atoms with Gasteiger partial charge in [0, 0.05) is 11.1 Å². The molecular weight excluding hydrogens is 138 g/mol. The van der Waals surface area contributed by atoms with Gasteiger partial charge in [0.2, 0.25) is 0 Å². The maximum atomic E-state index is 8.05. The molecule has 3 heteroatoms. The molecule has 11 heavy (non-hydrogen) atoms. The number of hydrogen-bond donors (Lipinski definition) is 0. The maximum Gasteiger partial charge on any atom is 0.00475 e. The van der Waals surface area contributed by atoms with Gasteiger partial charge in [0.25, 0.3) is 0 Å². The van der Waals surface area contributed by atoms with Crippen LogP contribution in [0.4, 0.5) is 0 Å². The average Bonchev–Trinajstić information content (AvgIpc) is 2.05. The molecule has 0 aromatic heterocycles. The molecule has 0 unspecified atom stereocenters. The molecule has 0 saturated heterocycles. The van der Waals surface area contributed by atoms with Gasteiger partial charge < -0.3 is 0 Å². The molecule has 0 saturated carbocycles. The molecule has 0 fully saturated rings. The summed E-state index contributed by atoms with van der Waals surface area (Å²) in [7, 11) is 0. The maximum absolute atomic E-state index is 8.05. The Morgan fingerprint density at radius 2 is 2.27 bits per heavy atom. The van der Waals surface area contributed by atoms with Crippen molar-refractivity contribution in [2.45, 2.75) is 39.5 Å². The zero-order chi connectivity index (χ0) is 8.53. The highest BCUT2D eigenvalue weighted by molar-refractivity contribution is 4.99. The Balaban J connectivity index is 3.83. The van der Waals surface area contributed by atoms with Crippen LogP contribution in [0.3, 0.4) is 0 Å². The first-order chi connectivity index (χ1) is 5.35. The van der Waals surface area contributed by atoms with Crippen LogP contribution in [0.15, 0.2) is 16.9 Å². The van der Waals surface area contributed by atoms with Crippen LogP contribution in [0.2, 0.25) is 0 Å². The minimum Gasteiger partial charge on any atom is -0.0686 e. The van der Waals surface area contributed by atoms with E-state index < -0.39 is 0 Å². The molecule has 0 heterocycles. The Labute approximate surface area is 67.7 Å². The van der Waals surface area contributed by atoms with Crippen molar-refractivity contribution in [1.29, 1.82) is 0 Å². The summed E-state index contributed by atoms with van der Waals surface area (Å²) >= 11 is 0. The normalized spacial score (nSPS) is 10.9. The molecule has 0 radical (unpaired) electrons. The van der Waals surface area contributed by atoms with Gasteiger partial charge in [0.1, 0.15) is 0 Å². The molecule has 0 aliphatic carbocycles. The summed E-state index contributed by atoms with van der Waals surface area (Å²) in [6, 6.07) is 0. The smallest absolute Gasteiger partial charge is 0.00475 e. The summed E-state index contributed by atoms with van der Waals surface area (Å²) < 4.78 is 0. The summed E-state index contributed by atoms with van der Waals surface area (Å²) in [6.45, 7) is 4.23. The first-order valence-electron chi connectivity index (χ1n) is 4.07. The second-order valence-corrected chi connectivity index (χ2v) is 2.45. The van der Waals surface area contributed by atoms with Gasteiger partial charge in [-0.15, -0.1) is 0 Å². The highest BCUT2D eigenvalue weighted by Gasteiger charge is 1.90. The predicted octanol–water partition coefficient (Wildman–Crippen LogP) is 3.78. The number of allylic oxidation sites excluding steroid dienone is 1. The lowest BCUT2D eigenvalue weighted by Crippen LogP contribution is -1.79. The molecule has 62 valence electrons. The minimum atomic E-state index is 0.985. The quantitative estimate of drug-likeness (QED) is 0.328. The van der Waals surface area contributed by atoms with E-state index in [0.29, 0.717) is 0 Å². The van der Waals surface area contributed by atoms with E-state index in [1.54, 1.807) is 6.20 Å². The molecule has 0 rings (SSSR count). The van der Waals surface area contributed by atoms with Crippen molar-refractivity contribution < 1.29 is 0 Å². The van der Waals surface area contributed by atoms with Gasteiger partial charge in [-0.3, -0.25) is 0 Å². The van der Waals surface area contributed by atoms with Crippen LogP contribution < -0.4 is 0 Å². The number of azide groups is 1. The Hall–Kier alpha value is -0.950. The van der Waals surface area contributed by atoms with Gasteiger partial charge in [-0.25, -0.2) is 0 Å². The minimum absolute atomic E-state index is 0.985. The molecule has 0 spiro atoms. The molecule has 0 amide bonds. The third kappa shape index (κ3) is 5.49. The summed E-state index contributed by atoms with van der Waals surface area (Å²) in [6.07, 6.45) is 6.05. The van der Waals surface area contributed by atoms with E-state index in [9.17, 15) is 0 Å². The number of rotatable bonds is 5. The van der Waals surface area contributed by atoms with Gasteiger partial charge in [-0.1, -0.05) is 31.0 Å². The third-order valence-electron chi connectivity index (χ3n) is 1.60. The molecule has 0 bridgehead atoms. The zero-order valence-corrected chi connectivity index (χ0v) is 7.25. The molecule has 0 aromatic carbocycles. The zero-order valence-electron chi connectivity index (χ0n) is 7.25. The van der Waals surface area contributed by atoms with Crippen LogP contribution in [-0.2, 0) is 0 Å². The first kappa shape index (κ1) is 10.0. The standard InChI is InChI=1S/C8H15N3/c1-3-5-6-8(4-2)7-10-11-9/h7H,3-6H2,1-2H3. The SMILES string of the molecule is CCCCC(=CN=[N+]=[N-])CC. The van der Waals surface area contributed by atoms with Crippen molar-refractivity contribution in [2.24, 2.45) is 5.11 Å². The van der Waals surface area contributed by atoms with E-state index >= 15 is 0 Å². The fourth-order valence-corrected chi connectivity index (χ4v) is 0.844. The highest BCUT2D eigenvalue weighted by atomic mass is 15.1. The van der Waals surface area contributed by atoms with Crippen molar-refractivity contribution in [2.75, 3.05) is 0 Å². The molecule has 0 aliphatic rings. The Bertz CT molecular complexity index is 166. The number of nitrogens with zero attached hydrogens (tertiary/aromatic N) is 3. The molecular formula is C8H15N3. The van der Waals surface area contributed by atoms with E-state index in [-0.39, 0.29) is 0 Å². The first-order valence-corrected chi connectivity index (χ1v) is 4.07. The van der Waals surface area contributed by atoms with Gasteiger partial charge in [-0.05, 0) is 24.8 Å². The van der Waals surface area contributed by atoms with Crippen molar-refractivity contribution in [3.05, 3.63) is 22.2 Å². The summed E-state index contributed by atoms with van der Waals surface area (Å²) in [5.74, 6) is 0. The van der Waals surface area contributed by atoms with Crippen LogP contribution in [0.25, 0.3) is 10.4 Å². The fourth-order valence-electron chi connectivity index (χ4n) is 0.844. The average molecular weight is 153 g/mol. The summed E-state index contributed by atoms with van der Waals surface area (Å²) in [4.78, 5) is 2.68. The van der Waals surface area contributed by atoms with Gasteiger partial charge in [0.05, 0.1) is 0 Å². The van der Waals surface area contributed by atoms with E-state index in [4.69, 9.17) is 5.53 Å². The summed E-state index contributed by atoms with van der Waals surface area (Å²) in [5.41, 5.74) is 9.29. The van der Waals surface area contributed by atoms with Crippen LogP contribution in [0.1, 0.15) is 39.5 Å². The topological polar surface area (TPSA) is 48.8 Å². The Morgan fingerprint density at radius 3 is 2.73 bits per heavy atom. The predicted molar refractivity (Wildman–Crippen MR) is 47.0 cm³/mol. The molecule has 0 aromatic rings. The van der Waals surface area contributed by atoms with Gasteiger partial charge >= 0.3 is 0 Å². The Kier molecular flexibility index (Phi) is 6.54.